The summed E-state index contributed by atoms with van der Waals surface area (Å²) >= 11 is 0. The first-order chi connectivity index (χ1) is 7.03. The van der Waals surface area contributed by atoms with Crippen LogP contribution in [0.5, 0.6) is 0 Å². The number of rotatable bonds is 4. The lowest BCUT2D eigenvalue weighted by Gasteiger charge is -2.20. The molecule has 1 heterocycles. The van der Waals surface area contributed by atoms with Crippen LogP contribution in [0.25, 0.3) is 0 Å². The minimum Gasteiger partial charge on any atom is -0.378 e. The molecule has 1 amide bonds. The number of nitrogens with one attached hydrogen (secondary N) is 1. The molecule has 1 saturated heterocycles. The van der Waals surface area contributed by atoms with Gasteiger partial charge in [0.05, 0.1) is 11.6 Å². The number of carbonyl (C=O) groups excluding carboxylic acids is 1. The van der Waals surface area contributed by atoms with Crippen LogP contribution in [0.15, 0.2) is 0 Å². The van der Waals surface area contributed by atoms with Crippen LogP contribution in [-0.4, -0.2) is 24.2 Å². The van der Waals surface area contributed by atoms with Gasteiger partial charge in [-0.05, 0) is 33.1 Å². The number of hydrogen-bond donors (Lipinski definition) is 1. The summed E-state index contributed by atoms with van der Waals surface area (Å²) in [7, 11) is 0. The highest BCUT2D eigenvalue weighted by Crippen LogP contribution is 2.16. The van der Waals surface area contributed by atoms with Gasteiger partial charge >= 0.3 is 0 Å². The molecule has 84 valence electrons. The smallest absolute Gasteiger partial charge is 0.221 e. The van der Waals surface area contributed by atoms with E-state index in [0.717, 1.165) is 25.9 Å². The molecule has 3 nitrogen and oxygen atoms in total. The van der Waals surface area contributed by atoms with Crippen molar-refractivity contribution in [3.63, 3.8) is 0 Å². The van der Waals surface area contributed by atoms with E-state index < -0.39 is 5.54 Å². The van der Waals surface area contributed by atoms with E-state index in [1.807, 2.05) is 13.8 Å². The van der Waals surface area contributed by atoms with Crippen LogP contribution >= 0.6 is 0 Å². The summed E-state index contributed by atoms with van der Waals surface area (Å²) < 4.78 is 5.44. The fourth-order valence-electron chi connectivity index (χ4n) is 1.61. The Labute approximate surface area is 91.6 Å². The normalized spacial score (nSPS) is 21.0. The first kappa shape index (κ1) is 12.1. The fraction of sp³-hybridized carbons (Fsp3) is 0.750. The lowest BCUT2D eigenvalue weighted by Crippen LogP contribution is -2.42. The summed E-state index contributed by atoms with van der Waals surface area (Å²) in [6.45, 7) is 4.47. The van der Waals surface area contributed by atoms with Gasteiger partial charge in [0.25, 0.3) is 0 Å². The number of hydrogen-bond acceptors (Lipinski definition) is 2. The van der Waals surface area contributed by atoms with Crippen molar-refractivity contribution in [2.24, 2.45) is 0 Å². The molecular weight excluding hydrogens is 190 g/mol. The molecule has 3 heteroatoms. The van der Waals surface area contributed by atoms with Crippen LogP contribution < -0.4 is 5.32 Å². The van der Waals surface area contributed by atoms with Crippen molar-refractivity contribution in [3.05, 3.63) is 0 Å². The van der Waals surface area contributed by atoms with Gasteiger partial charge in [0.1, 0.15) is 0 Å². The van der Waals surface area contributed by atoms with Gasteiger partial charge in [-0.1, -0.05) is 5.92 Å². The Morgan fingerprint density at radius 1 is 1.67 bits per heavy atom. The molecule has 0 saturated carbocycles. The number of carbonyl (C=O) groups is 1. The van der Waals surface area contributed by atoms with E-state index in [2.05, 4.69) is 11.2 Å². The summed E-state index contributed by atoms with van der Waals surface area (Å²) in [4.78, 5) is 11.5. The zero-order valence-corrected chi connectivity index (χ0v) is 9.51. The largest absolute Gasteiger partial charge is 0.378 e. The highest BCUT2D eigenvalue weighted by Gasteiger charge is 2.20. The van der Waals surface area contributed by atoms with Crippen molar-refractivity contribution >= 4 is 5.91 Å². The van der Waals surface area contributed by atoms with Gasteiger partial charge in [0.2, 0.25) is 5.91 Å². The monoisotopic (exact) mass is 209 g/mol. The molecule has 0 bridgehead atoms. The average molecular weight is 209 g/mol. The van der Waals surface area contributed by atoms with E-state index in [4.69, 9.17) is 11.2 Å². The second-order valence-electron chi connectivity index (χ2n) is 4.49. The fourth-order valence-corrected chi connectivity index (χ4v) is 1.61. The van der Waals surface area contributed by atoms with Crippen molar-refractivity contribution in [1.82, 2.24) is 5.32 Å². The molecule has 1 unspecified atom stereocenters. The molecule has 0 aliphatic carbocycles. The van der Waals surface area contributed by atoms with Crippen molar-refractivity contribution in [1.29, 1.82) is 0 Å². The molecule has 1 aliphatic rings. The van der Waals surface area contributed by atoms with Gasteiger partial charge in [0.15, 0.2) is 0 Å². The van der Waals surface area contributed by atoms with Crippen LogP contribution in [0.4, 0.5) is 0 Å². The molecule has 1 fully saturated rings. The van der Waals surface area contributed by atoms with Crippen molar-refractivity contribution < 1.29 is 9.53 Å². The van der Waals surface area contributed by atoms with Crippen molar-refractivity contribution in [2.75, 3.05) is 6.61 Å². The predicted molar refractivity (Wildman–Crippen MR) is 59.3 cm³/mol. The molecular formula is C12H19NO2. The minimum absolute atomic E-state index is 0.00782. The Bertz CT molecular complexity index is 259. The van der Waals surface area contributed by atoms with Crippen LogP contribution in [0.3, 0.4) is 0 Å². The maximum Gasteiger partial charge on any atom is 0.221 e. The third kappa shape index (κ3) is 4.35. The lowest BCUT2D eigenvalue weighted by atomic mass is 10.1. The summed E-state index contributed by atoms with van der Waals surface area (Å²) in [5, 5.41) is 2.80. The van der Waals surface area contributed by atoms with Gasteiger partial charge < -0.3 is 10.1 Å². The second kappa shape index (κ2) is 5.18. The quantitative estimate of drug-likeness (QED) is 0.712. The minimum atomic E-state index is -0.548. The van der Waals surface area contributed by atoms with Gasteiger partial charge in [-0.25, -0.2) is 0 Å². The van der Waals surface area contributed by atoms with Crippen LogP contribution in [-0.2, 0) is 9.53 Å². The topological polar surface area (TPSA) is 38.3 Å². The van der Waals surface area contributed by atoms with Crippen LogP contribution in [0.1, 0.15) is 39.5 Å². The van der Waals surface area contributed by atoms with E-state index >= 15 is 0 Å². The first-order valence-corrected chi connectivity index (χ1v) is 5.44. The molecule has 15 heavy (non-hydrogen) atoms. The zero-order chi connectivity index (χ0) is 11.3. The first-order valence-electron chi connectivity index (χ1n) is 5.44. The Kier molecular flexibility index (Phi) is 4.16. The van der Waals surface area contributed by atoms with Crippen molar-refractivity contribution in [2.45, 2.75) is 51.2 Å². The summed E-state index contributed by atoms with van der Waals surface area (Å²) in [6.07, 6.45) is 9.03. The molecule has 0 aromatic carbocycles. The van der Waals surface area contributed by atoms with E-state index in [0.29, 0.717) is 6.42 Å². The highest BCUT2D eigenvalue weighted by atomic mass is 16.5. The maximum absolute atomic E-state index is 11.5. The molecule has 1 atom stereocenters. The molecule has 1 aliphatic heterocycles. The molecule has 0 spiro atoms. The zero-order valence-electron chi connectivity index (χ0n) is 9.51. The molecule has 0 aromatic rings. The Morgan fingerprint density at radius 2 is 2.40 bits per heavy atom. The number of terminal acetylenes is 1. The molecule has 1 N–H and O–H groups in total. The molecule has 0 aromatic heterocycles. The van der Waals surface area contributed by atoms with Crippen LogP contribution in [0.2, 0.25) is 0 Å². The lowest BCUT2D eigenvalue weighted by molar-refractivity contribution is -0.122. The number of amides is 1. The summed E-state index contributed by atoms with van der Waals surface area (Å²) in [5.41, 5.74) is -0.548. The van der Waals surface area contributed by atoms with E-state index in [9.17, 15) is 4.79 Å². The Hall–Kier alpha value is -1.01. The molecule has 0 radical (unpaired) electrons. The third-order valence-electron chi connectivity index (χ3n) is 2.53. The molecule has 1 rings (SSSR count). The van der Waals surface area contributed by atoms with E-state index in [1.54, 1.807) is 0 Å². The second-order valence-corrected chi connectivity index (χ2v) is 4.49. The average Bonchev–Trinajstić information content (AvgIpc) is 2.66. The summed E-state index contributed by atoms with van der Waals surface area (Å²) in [5.74, 6) is 2.54. The van der Waals surface area contributed by atoms with Crippen molar-refractivity contribution in [3.8, 4) is 12.3 Å². The summed E-state index contributed by atoms with van der Waals surface area (Å²) in [6, 6.07) is 0. The van der Waals surface area contributed by atoms with Gasteiger partial charge in [-0.2, -0.15) is 0 Å². The van der Waals surface area contributed by atoms with Gasteiger partial charge in [-0.3, -0.25) is 4.79 Å². The SMILES string of the molecule is C#CC(C)(C)NC(=O)CCC1CCCO1. The van der Waals surface area contributed by atoms with E-state index in [1.165, 1.54) is 0 Å². The van der Waals surface area contributed by atoms with Crippen LogP contribution in [0, 0.1) is 12.3 Å². The van der Waals surface area contributed by atoms with E-state index in [-0.39, 0.29) is 12.0 Å². The van der Waals surface area contributed by atoms with Gasteiger partial charge in [0, 0.05) is 13.0 Å². The van der Waals surface area contributed by atoms with Gasteiger partial charge in [-0.15, -0.1) is 6.42 Å². The Balaban J connectivity index is 2.21. The predicted octanol–water partition coefficient (Wildman–Crippen LogP) is 1.47. The number of ether oxygens (including phenoxy) is 1. The third-order valence-corrected chi connectivity index (χ3v) is 2.53. The maximum atomic E-state index is 11.5. The highest BCUT2D eigenvalue weighted by molar-refractivity contribution is 5.77. The standard InChI is InChI=1S/C12H19NO2/c1-4-12(2,3)13-11(14)8-7-10-6-5-9-15-10/h1,10H,5-9H2,2-3H3,(H,13,14). The Morgan fingerprint density at radius 3 is 2.93 bits per heavy atom.